The van der Waals surface area contributed by atoms with Crippen LogP contribution >= 0.6 is 0 Å². The number of piperazine rings is 1. The molecular formula is C20H19F2N5. The number of hydrogen-bond acceptors (Lipinski definition) is 5. The number of halogens is 2. The van der Waals surface area contributed by atoms with Crippen molar-refractivity contribution in [3.05, 3.63) is 72.6 Å². The van der Waals surface area contributed by atoms with E-state index >= 15 is 0 Å². The fraction of sp³-hybridized carbons (Fsp3) is 0.200. The van der Waals surface area contributed by atoms with Crippen molar-refractivity contribution in [2.75, 3.05) is 41.3 Å². The Morgan fingerprint density at radius 1 is 0.815 bits per heavy atom. The quantitative estimate of drug-likeness (QED) is 0.759. The van der Waals surface area contributed by atoms with Crippen LogP contribution in [0.25, 0.3) is 0 Å². The Bertz CT molecular complexity index is 911. The molecule has 1 aliphatic rings. The number of nitrogens with zero attached hydrogens (tertiary/aromatic N) is 4. The third-order valence-corrected chi connectivity index (χ3v) is 4.57. The van der Waals surface area contributed by atoms with Crippen LogP contribution in [0.1, 0.15) is 0 Å². The highest BCUT2D eigenvalue weighted by atomic mass is 19.1. The molecule has 0 radical (unpaired) electrons. The van der Waals surface area contributed by atoms with Crippen LogP contribution in [0.15, 0.2) is 60.9 Å². The van der Waals surface area contributed by atoms with Gasteiger partial charge in [0.1, 0.15) is 29.6 Å². The third kappa shape index (κ3) is 3.97. The number of para-hydroxylation sites is 1. The van der Waals surface area contributed by atoms with E-state index < -0.39 is 11.6 Å². The normalized spacial score (nSPS) is 14.3. The van der Waals surface area contributed by atoms with E-state index in [1.807, 2.05) is 18.2 Å². The summed E-state index contributed by atoms with van der Waals surface area (Å²) < 4.78 is 26.9. The Hall–Kier alpha value is -3.22. The predicted molar refractivity (Wildman–Crippen MR) is 103 cm³/mol. The zero-order valence-corrected chi connectivity index (χ0v) is 14.6. The highest BCUT2D eigenvalue weighted by Crippen LogP contribution is 2.23. The molecule has 1 aliphatic heterocycles. The van der Waals surface area contributed by atoms with Crippen molar-refractivity contribution in [3.63, 3.8) is 0 Å². The lowest BCUT2D eigenvalue weighted by Gasteiger charge is -2.36. The van der Waals surface area contributed by atoms with Gasteiger partial charge < -0.3 is 15.1 Å². The van der Waals surface area contributed by atoms with Gasteiger partial charge in [-0.3, -0.25) is 0 Å². The first kappa shape index (κ1) is 17.2. The molecule has 138 valence electrons. The van der Waals surface area contributed by atoms with Crippen molar-refractivity contribution in [2.45, 2.75) is 0 Å². The lowest BCUT2D eigenvalue weighted by molar-refractivity contribution is 0.586. The molecule has 0 unspecified atom stereocenters. The summed E-state index contributed by atoms with van der Waals surface area (Å²) in [5.41, 5.74) is 1.39. The summed E-state index contributed by atoms with van der Waals surface area (Å²) in [5.74, 6) is -0.0249. The van der Waals surface area contributed by atoms with E-state index in [1.54, 1.807) is 6.07 Å². The molecule has 27 heavy (non-hydrogen) atoms. The molecule has 3 aromatic rings. The molecular weight excluding hydrogens is 348 g/mol. The Kier molecular flexibility index (Phi) is 4.82. The highest BCUT2D eigenvalue weighted by molar-refractivity contribution is 5.60. The van der Waals surface area contributed by atoms with Crippen LogP contribution < -0.4 is 15.1 Å². The van der Waals surface area contributed by atoms with Crippen LogP contribution in [0.2, 0.25) is 0 Å². The number of hydrogen-bond donors (Lipinski definition) is 1. The summed E-state index contributed by atoms with van der Waals surface area (Å²) in [6.45, 7) is 3.44. The fourth-order valence-corrected chi connectivity index (χ4v) is 3.15. The maximum absolute atomic E-state index is 13.8. The van der Waals surface area contributed by atoms with E-state index in [4.69, 9.17) is 0 Å². The minimum Gasteiger partial charge on any atom is -0.368 e. The van der Waals surface area contributed by atoms with Gasteiger partial charge in [0.2, 0.25) is 0 Å². The van der Waals surface area contributed by atoms with Crippen LogP contribution in [0.3, 0.4) is 0 Å². The van der Waals surface area contributed by atoms with Crippen LogP contribution in [0, 0.1) is 11.6 Å². The van der Waals surface area contributed by atoms with Crippen molar-refractivity contribution in [3.8, 4) is 0 Å². The van der Waals surface area contributed by atoms with Gasteiger partial charge in [-0.2, -0.15) is 0 Å². The molecule has 0 bridgehead atoms. The number of anilines is 4. The van der Waals surface area contributed by atoms with E-state index in [2.05, 4.69) is 37.2 Å². The average molecular weight is 367 g/mol. The first-order valence-corrected chi connectivity index (χ1v) is 8.78. The minimum absolute atomic E-state index is 0.176. The van der Waals surface area contributed by atoms with Gasteiger partial charge in [0, 0.05) is 44.0 Å². The Morgan fingerprint density at radius 2 is 1.56 bits per heavy atom. The molecule has 4 rings (SSSR count). The molecule has 0 spiro atoms. The Morgan fingerprint density at radius 3 is 2.30 bits per heavy atom. The van der Waals surface area contributed by atoms with Crippen molar-refractivity contribution < 1.29 is 8.78 Å². The summed E-state index contributed by atoms with van der Waals surface area (Å²) in [6.07, 6.45) is 1.45. The molecule has 0 atom stereocenters. The molecule has 1 aromatic heterocycles. The molecule has 0 amide bonds. The standard InChI is InChI=1S/C20H19F2N5/c21-15-6-7-18(17(22)12-15)25-19-13-20(24-14-23-19)27-10-8-26(9-11-27)16-4-2-1-3-5-16/h1-7,12-14H,8-11H2,(H,23,24,25). The Balaban J connectivity index is 1.44. The van der Waals surface area contributed by atoms with Crippen molar-refractivity contribution in [1.29, 1.82) is 0 Å². The van der Waals surface area contributed by atoms with Crippen molar-refractivity contribution in [1.82, 2.24) is 9.97 Å². The highest BCUT2D eigenvalue weighted by Gasteiger charge is 2.18. The van der Waals surface area contributed by atoms with Gasteiger partial charge in [0.05, 0.1) is 5.69 Å². The topological polar surface area (TPSA) is 44.3 Å². The van der Waals surface area contributed by atoms with Crippen LogP contribution in [0.4, 0.5) is 31.8 Å². The second-order valence-electron chi connectivity index (χ2n) is 6.32. The van der Waals surface area contributed by atoms with Gasteiger partial charge in [0.15, 0.2) is 0 Å². The largest absolute Gasteiger partial charge is 0.368 e. The van der Waals surface area contributed by atoms with E-state index in [0.29, 0.717) is 5.82 Å². The maximum atomic E-state index is 13.8. The number of aromatic nitrogens is 2. The van der Waals surface area contributed by atoms with E-state index in [9.17, 15) is 8.78 Å². The minimum atomic E-state index is -0.661. The number of rotatable bonds is 4. The van der Waals surface area contributed by atoms with Crippen molar-refractivity contribution >= 4 is 23.0 Å². The van der Waals surface area contributed by atoms with E-state index in [0.717, 1.165) is 38.1 Å². The molecule has 2 heterocycles. The summed E-state index contributed by atoms with van der Waals surface area (Å²) in [6, 6.07) is 15.5. The summed E-state index contributed by atoms with van der Waals surface area (Å²) >= 11 is 0. The molecule has 5 nitrogen and oxygen atoms in total. The lowest BCUT2D eigenvalue weighted by atomic mass is 10.2. The Labute approximate surface area is 156 Å². The van der Waals surface area contributed by atoms with E-state index in [-0.39, 0.29) is 5.69 Å². The smallest absolute Gasteiger partial charge is 0.149 e. The molecule has 7 heteroatoms. The average Bonchev–Trinajstić information content (AvgIpc) is 2.71. The second kappa shape index (κ2) is 7.57. The maximum Gasteiger partial charge on any atom is 0.149 e. The number of benzene rings is 2. The molecule has 0 saturated carbocycles. The van der Waals surface area contributed by atoms with Gasteiger partial charge in [-0.15, -0.1) is 0 Å². The zero-order valence-electron chi connectivity index (χ0n) is 14.6. The van der Waals surface area contributed by atoms with Gasteiger partial charge in [-0.1, -0.05) is 18.2 Å². The van der Waals surface area contributed by atoms with Crippen LogP contribution in [-0.4, -0.2) is 36.1 Å². The predicted octanol–water partition coefficient (Wildman–Crippen LogP) is 3.83. The molecule has 1 N–H and O–H groups in total. The summed E-state index contributed by atoms with van der Waals surface area (Å²) in [7, 11) is 0. The molecule has 2 aromatic carbocycles. The summed E-state index contributed by atoms with van der Waals surface area (Å²) in [4.78, 5) is 13.0. The van der Waals surface area contributed by atoms with Crippen LogP contribution in [-0.2, 0) is 0 Å². The van der Waals surface area contributed by atoms with Gasteiger partial charge in [-0.25, -0.2) is 18.7 Å². The first-order chi connectivity index (χ1) is 13.2. The van der Waals surface area contributed by atoms with Crippen molar-refractivity contribution in [2.24, 2.45) is 0 Å². The number of nitrogens with one attached hydrogen (secondary N) is 1. The molecule has 1 saturated heterocycles. The zero-order chi connectivity index (χ0) is 18.6. The molecule has 0 aliphatic carbocycles. The lowest BCUT2D eigenvalue weighted by Crippen LogP contribution is -2.46. The second-order valence-corrected chi connectivity index (χ2v) is 6.32. The third-order valence-electron chi connectivity index (χ3n) is 4.57. The molecule has 1 fully saturated rings. The van der Waals surface area contributed by atoms with Gasteiger partial charge in [0.25, 0.3) is 0 Å². The monoisotopic (exact) mass is 367 g/mol. The first-order valence-electron chi connectivity index (χ1n) is 8.78. The van der Waals surface area contributed by atoms with Gasteiger partial charge >= 0.3 is 0 Å². The van der Waals surface area contributed by atoms with Gasteiger partial charge in [-0.05, 0) is 24.3 Å². The fourth-order valence-electron chi connectivity index (χ4n) is 3.15. The van der Waals surface area contributed by atoms with Crippen LogP contribution in [0.5, 0.6) is 0 Å². The SMILES string of the molecule is Fc1ccc(Nc2cc(N3CCN(c4ccccc4)CC3)ncn2)c(F)c1. The van der Waals surface area contributed by atoms with E-state index in [1.165, 1.54) is 24.1 Å². The summed E-state index contributed by atoms with van der Waals surface area (Å²) in [5, 5.41) is 2.88.